The highest BCUT2D eigenvalue weighted by molar-refractivity contribution is 7.26. The highest BCUT2D eigenvalue weighted by Gasteiger charge is 2.02. The molecule has 0 fully saturated rings. The molecule has 1 atom stereocenters. The van der Waals surface area contributed by atoms with Crippen LogP contribution in [-0.4, -0.2) is 9.73 Å². The van der Waals surface area contributed by atoms with Crippen LogP contribution >= 0.6 is 8.35 Å². The van der Waals surface area contributed by atoms with E-state index in [-0.39, 0.29) is 0 Å². The third-order valence-corrected chi connectivity index (χ3v) is 2.95. The molecular formula is C10H11N2P. The highest BCUT2D eigenvalue weighted by atomic mass is 31.0. The lowest BCUT2D eigenvalue weighted by Gasteiger charge is -1.92. The van der Waals surface area contributed by atoms with Gasteiger partial charge in [0.1, 0.15) is 0 Å². The predicted molar refractivity (Wildman–Crippen MR) is 56.3 cm³/mol. The average molecular weight is 190 g/mol. The van der Waals surface area contributed by atoms with Crippen molar-refractivity contribution in [3.05, 3.63) is 35.8 Å². The predicted octanol–water partition coefficient (Wildman–Crippen LogP) is 2.74. The largest absolute Gasteiger partial charge is 0.227 e. The molecule has 66 valence electrons. The zero-order valence-corrected chi connectivity index (χ0v) is 8.49. The quantitative estimate of drug-likeness (QED) is 0.727. The topological polar surface area (TPSA) is 25.8 Å². The zero-order valence-electron chi connectivity index (χ0n) is 7.49. The fourth-order valence-corrected chi connectivity index (χ4v) is 1.90. The standard InChI is InChI=1S/C10H11N2P/c1-2-9-11-10(12-13-9)8-6-4-3-5-7-8/h3-7,13H,2H2,1H3. The molecule has 0 bridgehead atoms. The Morgan fingerprint density at radius 2 is 2.00 bits per heavy atom. The first-order valence-corrected chi connectivity index (χ1v) is 5.31. The molecule has 3 heteroatoms. The van der Waals surface area contributed by atoms with Crippen molar-refractivity contribution in [3.63, 3.8) is 0 Å². The first-order chi connectivity index (χ1) is 6.40. The van der Waals surface area contributed by atoms with Gasteiger partial charge in [-0.05, 0) is 14.8 Å². The first-order valence-electron chi connectivity index (χ1n) is 4.37. The lowest BCUT2D eigenvalue weighted by atomic mass is 10.2. The van der Waals surface area contributed by atoms with Crippen LogP contribution in [0.2, 0.25) is 0 Å². The van der Waals surface area contributed by atoms with Crippen LogP contribution in [0.25, 0.3) is 11.4 Å². The van der Waals surface area contributed by atoms with E-state index >= 15 is 0 Å². The summed E-state index contributed by atoms with van der Waals surface area (Å²) in [6.07, 6.45) is 1.01. The molecule has 0 aliphatic heterocycles. The van der Waals surface area contributed by atoms with Crippen molar-refractivity contribution in [2.24, 2.45) is 0 Å². The Labute approximate surface area is 79.2 Å². The average Bonchev–Trinajstić information content (AvgIpc) is 2.67. The molecule has 2 aromatic rings. The van der Waals surface area contributed by atoms with E-state index in [1.165, 1.54) is 5.43 Å². The molecule has 0 saturated carbocycles. The fourth-order valence-electron chi connectivity index (χ4n) is 1.17. The van der Waals surface area contributed by atoms with Gasteiger partial charge in [0.05, 0.1) is 5.43 Å². The maximum Gasteiger partial charge on any atom is 0.163 e. The number of nitrogens with zero attached hydrogens (tertiary/aromatic N) is 2. The summed E-state index contributed by atoms with van der Waals surface area (Å²) in [5.74, 6) is 0.899. The lowest BCUT2D eigenvalue weighted by Crippen LogP contribution is -1.80. The van der Waals surface area contributed by atoms with Gasteiger partial charge in [-0.25, -0.2) is 9.73 Å². The molecule has 1 aromatic carbocycles. The number of hydrogen-bond acceptors (Lipinski definition) is 2. The summed E-state index contributed by atoms with van der Waals surface area (Å²) >= 11 is 0. The van der Waals surface area contributed by atoms with E-state index < -0.39 is 0 Å². The second-order valence-corrected chi connectivity index (χ2v) is 3.85. The van der Waals surface area contributed by atoms with Gasteiger partial charge in [0.25, 0.3) is 0 Å². The summed E-state index contributed by atoms with van der Waals surface area (Å²) < 4.78 is 4.40. The van der Waals surface area contributed by atoms with Gasteiger partial charge in [0.15, 0.2) is 5.82 Å². The molecule has 0 amide bonds. The van der Waals surface area contributed by atoms with Crippen molar-refractivity contribution in [2.45, 2.75) is 13.3 Å². The summed E-state index contributed by atoms with van der Waals surface area (Å²) in [6.45, 7) is 2.12. The summed E-state index contributed by atoms with van der Waals surface area (Å²) in [7, 11) is 0.544. The Bertz CT molecular complexity index is 381. The molecule has 1 aromatic heterocycles. The van der Waals surface area contributed by atoms with Gasteiger partial charge in [0.2, 0.25) is 0 Å². The minimum absolute atomic E-state index is 0.544. The van der Waals surface area contributed by atoms with Crippen molar-refractivity contribution in [3.8, 4) is 11.4 Å². The SMILES string of the molecule is CCc1nc(-c2ccccc2)n[pH]1. The van der Waals surface area contributed by atoms with E-state index in [2.05, 4.69) is 16.7 Å². The molecule has 13 heavy (non-hydrogen) atoms. The van der Waals surface area contributed by atoms with Crippen LogP contribution in [0, 0.1) is 0 Å². The molecule has 0 aliphatic rings. The monoisotopic (exact) mass is 190 g/mol. The minimum Gasteiger partial charge on any atom is -0.227 e. The van der Waals surface area contributed by atoms with Crippen LogP contribution in [0.5, 0.6) is 0 Å². The van der Waals surface area contributed by atoms with Gasteiger partial charge in [-0.1, -0.05) is 37.3 Å². The Kier molecular flexibility index (Phi) is 2.42. The van der Waals surface area contributed by atoms with Crippen LogP contribution < -0.4 is 0 Å². The van der Waals surface area contributed by atoms with Gasteiger partial charge in [-0.15, -0.1) is 0 Å². The van der Waals surface area contributed by atoms with E-state index in [0.717, 1.165) is 17.8 Å². The molecule has 0 spiro atoms. The van der Waals surface area contributed by atoms with Gasteiger partial charge < -0.3 is 0 Å². The highest BCUT2D eigenvalue weighted by Crippen LogP contribution is 2.20. The van der Waals surface area contributed by atoms with E-state index in [1.54, 1.807) is 0 Å². The van der Waals surface area contributed by atoms with Crippen LogP contribution in [0.4, 0.5) is 0 Å². The molecule has 2 nitrogen and oxygen atoms in total. The molecule has 1 heterocycles. The van der Waals surface area contributed by atoms with Crippen LogP contribution in [0.1, 0.15) is 12.3 Å². The minimum atomic E-state index is 0.544. The van der Waals surface area contributed by atoms with Crippen molar-refractivity contribution in [2.75, 3.05) is 0 Å². The Morgan fingerprint density at radius 1 is 1.23 bits per heavy atom. The molecule has 0 aliphatic carbocycles. The van der Waals surface area contributed by atoms with Gasteiger partial charge in [-0.3, -0.25) is 0 Å². The second-order valence-electron chi connectivity index (χ2n) is 2.83. The van der Waals surface area contributed by atoms with Gasteiger partial charge in [-0.2, -0.15) is 0 Å². The fraction of sp³-hybridized carbons (Fsp3) is 0.200. The Hall–Kier alpha value is -1.14. The number of hydrogen-bond donors (Lipinski definition) is 0. The Morgan fingerprint density at radius 3 is 2.62 bits per heavy atom. The molecule has 1 unspecified atom stereocenters. The van der Waals surface area contributed by atoms with Crippen molar-refractivity contribution in [1.82, 2.24) is 9.73 Å². The van der Waals surface area contributed by atoms with E-state index in [9.17, 15) is 0 Å². The number of aryl methyl sites for hydroxylation is 1. The maximum absolute atomic E-state index is 4.46. The normalized spacial score (nSPS) is 10.8. The van der Waals surface area contributed by atoms with E-state index in [4.69, 9.17) is 0 Å². The third kappa shape index (κ3) is 1.78. The van der Waals surface area contributed by atoms with Crippen molar-refractivity contribution in [1.29, 1.82) is 0 Å². The molecule has 0 saturated heterocycles. The van der Waals surface area contributed by atoms with Crippen LogP contribution in [0.15, 0.2) is 30.3 Å². The maximum atomic E-state index is 4.46. The molecule has 0 N–H and O–H groups in total. The van der Waals surface area contributed by atoms with Crippen molar-refractivity contribution < 1.29 is 0 Å². The van der Waals surface area contributed by atoms with E-state index in [0.29, 0.717) is 8.35 Å². The smallest absolute Gasteiger partial charge is 0.163 e. The van der Waals surface area contributed by atoms with Crippen LogP contribution in [-0.2, 0) is 6.42 Å². The molecule has 2 rings (SSSR count). The number of rotatable bonds is 2. The summed E-state index contributed by atoms with van der Waals surface area (Å²) in [4.78, 5) is 4.46. The first kappa shape index (κ1) is 8.46. The number of benzene rings is 1. The van der Waals surface area contributed by atoms with Gasteiger partial charge in [0, 0.05) is 5.56 Å². The molecular weight excluding hydrogens is 179 g/mol. The van der Waals surface area contributed by atoms with Crippen LogP contribution in [0.3, 0.4) is 0 Å². The number of aromatic nitrogens is 2. The van der Waals surface area contributed by atoms with Gasteiger partial charge >= 0.3 is 0 Å². The zero-order chi connectivity index (χ0) is 9.10. The summed E-state index contributed by atoms with van der Waals surface area (Å²) in [5.41, 5.74) is 2.33. The molecule has 0 radical (unpaired) electrons. The summed E-state index contributed by atoms with van der Waals surface area (Å²) in [5, 5.41) is 0. The lowest BCUT2D eigenvalue weighted by molar-refractivity contribution is 1.09. The van der Waals surface area contributed by atoms with Crippen molar-refractivity contribution >= 4 is 8.35 Å². The third-order valence-electron chi connectivity index (χ3n) is 1.90. The second kappa shape index (κ2) is 3.71. The Balaban J connectivity index is 2.36. The summed E-state index contributed by atoms with van der Waals surface area (Å²) in [6, 6.07) is 10.1. The van der Waals surface area contributed by atoms with E-state index in [1.807, 2.05) is 30.3 Å².